The molecule has 180 valence electrons. The molecule has 5 rings (SSSR count). The number of nitrogens with zero attached hydrogens (tertiary/aromatic N) is 2. The normalized spacial score (nSPS) is 15.2. The van der Waals surface area contributed by atoms with Gasteiger partial charge in [-0.2, -0.15) is 0 Å². The van der Waals surface area contributed by atoms with Crippen molar-refractivity contribution in [3.05, 3.63) is 88.5 Å². The van der Waals surface area contributed by atoms with Gasteiger partial charge in [0.15, 0.2) is 11.5 Å². The number of likely N-dealkylation sites (tertiary alicyclic amines) is 1. The van der Waals surface area contributed by atoms with Gasteiger partial charge in [-0.15, -0.1) is 0 Å². The quantitative estimate of drug-likeness (QED) is 0.598. The first kappa shape index (κ1) is 22.8. The Labute approximate surface area is 202 Å². The number of amides is 2. The zero-order valence-electron chi connectivity index (χ0n) is 19.4. The van der Waals surface area contributed by atoms with Gasteiger partial charge in [0.2, 0.25) is 6.79 Å². The number of rotatable bonds is 5. The summed E-state index contributed by atoms with van der Waals surface area (Å²) in [5.41, 5.74) is 3.53. The second-order valence-corrected chi connectivity index (χ2v) is 8.83. The average Bonchev–Trinajstić information content (AvgIpc) is 3.36. The van der Waals surface area contributed by atoms with Crippen molar-refractivity contribution in [3.8, 4) is 11.5 Å². The predicted octanol–water partition coefficient (Wildman–Crippen LogP) is 4.21. The highest BCUT2D eigenvalue weighted by Gasteiger charge is 2.29. The van der Waals surface area contributed by atoms with E-state index in [1.54, 1.807) is 30.3 Å². The van der Waals surface area contributed by atoms with Crippen LogP contribution in [0.3, 0.4) is 0 Å². The summed E-state index contributed by atoms with van der Waals surface area (Å²) in [4.78, 5) is 32.6. The van der Waals surface area contributed by atoms with Gasteiger partial charge in [-0.05, 0) is 67.8 Å². The fourth-order valence-corrected chi connectivity index (χ4v) is 4.53. The lowest BCUT2D eigenvalue weighted by Crippen LogP contribution is -2.38. The number of nitrogens with one attached hydrogen (secondary N) is 1. The molecule has 0 atom stereocenters. The summed E-state index contributed by atoms with van der Waals surface area (Å²) >= 11 is 0. The Morgan fingerprint density at radius 3 is 2.54 bits per heavy atom. The molecule has 0 aliphatic carbocycles. The maximum atomic E-state index is 13.1. The molecule has 0 radical (unpaired) electrons. The molecule has 2 aliphatic rings. The van der Waals surface area contributed by atoms with E-state index in [1.165, 1.54) is 12.1 Å². The molecule has 0 unspecified atom stereocenters. The van der Waals surface area contributed by atoms with Crippen molar-refractivity contribution in [3.63, 3.8) is 0 Å². The topological polar surface area (TPSA) is 80.8 Å². The number of aromatic nitrogens is 1. The van der Waals surface area contributed by atoms with E-state index in [1.807, 2.05) is 24.0 Å². The molecule has 3 aromatic rings. The number of hydrogen-bond donors (Lipinski definition) is 1. The van der Waals surface area contributed by atoms with E-state index in [4.69, 9.17) is 14.5 Å². The lowest BCUT2D eigenvalue weighted by atomic mass is 9.89. The van der Waals surface area contributed by atoms with E-state index in [0.29, 0.717) is 55.1 Å². The lowest BCUT2D eigenvalue weighted by molar-refractivity contribution is 0.0710. The van der Waals surface area contributed by atoms with Crippen LogP contribution < -0.4 is 14.8 Å². The molecule has 1 fully saturated rings. The van der Waals surface area contributed by atoms with E-state index >= 15 is 0 Å². The number of halogens is 1. The molecular formula is C27H26FN3O4. The van der Waals surface area contributed by atoms with E-state index in [2.05, 4.69) is 5.32 Å². The first-order valence-electron chi connectivity index (χ1n) is 11.7. The number of carbonyl (C=O) groups is 2. The maximum absolute atomic E-state index is 13.1. The van der Waals surface area contributed by atoms with E-state index < -0.39 is 0 Å². The predicted molar refractivity (Wildman–Crippen MR) is 127 cm³/mol. The molecular weight excluding hydrogens is 449 g/mol. The van der Waals surface area contributed by atoms with Crippen LogP contribution in [0.25, 0.3) is 0 Å². The van der Waals surface area contributed by atoms with Crippen molar-refractivity contribution >= 4 is 11.8 Å². The molecule has 1 N–H and O–H groups in total. The van der Waals surface area contributed by atoms with Crippen molar-refractivity contribution < 1.29 is 23.5 Å². The number of benzene rings is 2. The first-order valence-corrected chi connectivity index (χ1v) is 11.7. The molecule has 2 aromatic carbocycles. The van der Waals surface area contributed by atoms with Gasteiger partial charge in [0.05, 0.1) is 11.3 Å². The zero-order valence-corrected chi connectivity index (χ0v) is 19.4. The minimum Gasteiger partial charge on any atom is -0.454 e. The van der Waals surface area contributed by atoms with Crippen LogP contribution >= 0.6 is 0 Å². The molecule has 0 bridgehead atoms. The smallest absolute Gasteiger partial charge is 0.253 e. The zero-order chi connectivity index (χ0) is 24.4. The van der Waals surface area contributed by atoms with Crippen LogP contribution in [0.15, 0.2) is 54.6 Å². The van der Waals surface area contributed by atoms with Crippen molar-refractivity contribution in [2.45, 2.75) is 32.2 Å². The number of fused-ring (bicyclic) bond motifs is 1. The maximum Gasteiger partial charge on any atom is 0.253 e. The van der Waals surface area contributed by atoms with Crippen LogP contribution in [-0.4, -0.2) is 41.6 Å². The van der Waals surface area contributed by atoms with Crippen molar-refractivity contribution in [1.82, 2.24) is 15.2 Å². The number of piperidine rings is 1. The molecule has 3 heterocycles. The van der Waals surface area contributed by atoms with Crippen LogP contribution in [-0.2, 0) is 6.54 Å². The summed E-state index contributed by atoms with van der Waals surface area (Å²) in [5, 5.41) is 2.91. The van der Waals surface area contributed by atoms with Gasteiger partial charge in [-0.3, -0.25) is 14.6 Å². The second-order valence-electron chi connectivity index (χ2n) is 8.83. The highest BCUT2D eigenvalue weighted by molar-refractivity contribution is 5.96. The Kier molecular flexibility index (Phi) is 6.35. The van der Waals surface area contributed by atoms with E-state index in [-0.39, 0.29) is 30.3 Å². The molecule has 1 aromatic heterocycles. The van der Waals surface area contributed by atoms with Gasteiger partial charge in [0.25, 0.3) is 11.8 Å². The van der Waals surface area contributed by atoms with Gasteiger partial charge < -0.3 is 19.7 Å². The molecule has 2 amide bonds. The fourth-order valence-electron chi connectivity index (χ4n) is 4.53. The summed E-state index contributed by atoms with van der Waals surface area (Å²) in [7, 11) is 0. The largest absolute Gasteiger partial charge is 0.454 e. The number of aryl methyl sites for hydroxylation is 1. The minimum absolute atomic E-state index is 0.0452. The molecule has 7 nitrogen and oxygen atoms in total. The van der Waals surface area contributed by atoms with E-state index in [9.17, 15) is 14.0 Å². The molecule has 1 saturated heterocycles. The van der Waals surface area contributed by atoms with Crippen LogP contribution in [0, 0.1) is 12.7 Å². The van der Waals surface area contributed by atoms with Crippen LogP contribution in [0.5, 0.6) is 11.5 Å². The standard InChI is InChI=1S/C27H26FN3O4/c1-17-2-8-22(26(32)29-15-18-3-6-21(28)7-4-18)25(30-17)19-10-12-31(13-11-19)27(33)20-5-9-23-24(14-20)35-16-34-23/h2-9,14,19H,10-13,15-16H2,1H3,(H,29,32). The van der Waals surface area contributed by atoms with Crippen LogP contribution in [0.4, 0.5) is 4.39 Å². The number of carbonyl (C=O) groups excluding carboxylic acids is 2. The summed E-state index contributed by atoms with van der Waals surface area (Å²) in [6, 6.07) is 14.9. The van der Waals surface area contributed by atoms with Gasteiger partial charge in [-0.1, -0.05) is 12.1 Å². The number of pyridine rings is 1. The highest BCUT2D eigenvalue weighted by Crippen LogP contribution is 2.34. The first-order chi connectivity index (χ1) is 17.0. The van der Waals surface area contributed by atoms with Crippen molar-refractivity contribution in [2.75, 3.05) is 19.9 Å². The number of ether oxygens (including phenoxy) is 2. The van der Waals surface area contributed by atoms with Gasteiger partial charge in [0, 0.05) is 36.8 Å². The summed E-state index contributed by atoms with van der Waals surface area (Å²) in [5.74, 6) is 0.740. The van der Waals surface area contributed by atoms with Crippen molar-refractivity contribution in [1.29, 1.82) is 0 Å². The molecule has 35 heavy (non-hydrogen) atoms. The van der Waals surface area contributed by atoms with Crippen LogP contribution in [0.1, 0.15) is 56.4 Å². The van der Waals surface area contributed by atoms with Gasteiger partial charge in [-0.25, -0.2) is 4.39 Å². The Balaban J connectivity index is 1.25. The Morgan fingerprint density at radius 1 is 1.03 bits per heavy atom. The molecule has 2 aliphatic heterocycles. The Bertz CT molecular complexity index is 1250. The fraction of sp³-hybridized carbons (Fsp3) is 0.296. The number of hydrogen-bond acceptors (Lipinski definition) is 5. The SMILES string of the molecule is Cc1ccc(C(=O)NCc2ccc(F)cc2)c(C2CCN(C(=O)c3ccc4c(c3)OCO4)CC2)n1. The Hall–Kier alpha value is -3.94. The third kappa shape index (κ3) is 4.96. The summed E-state index contributed by atoms with van der Waals surface area (Å²) < 4.78 is 23.9. The van der Waals surface area contributed by atoms with E-state index in [0.717, 1.165) is 17.0 Å². The third-order valence-electron chi connectivity index (χ3n) is 6.46. The third-order valence-corrected chi connectivity index (χ3v) is 6.46. The minimum atomic E-state index is -0.312. The second kappa shape index (κ2) is 9.74. The monoisotopic (exact) mass is 475 g/mol. The summed E-state index contributed by atoms with van der Waals surface area (Å²) in [6.07, 6.45) is 1.43. The lowest BCUT2D eigenvalue weighted by Gasteiger charge is -2.32. The summed E-state index contributed by atoms with van der Waals surface area (Å²) in [6.45, 7) is 3.52. The van der Waals surface area contributed by atoms with Crippen LogP contribution in [0.2, 0.25) is 0 Å². The molecule has 8 heteroatoms. The Morgan fingerprint density at radius 2 is 1.77 bits per heavy atom. The van der Waals surface area contributed by atoms with Gasteiger partial charge >= 0.3 is 0 Å². The highest BCUT2D eigenvalue weighted by atomic mass is 19.1. The molecule has 0 spiro atoms. The van der Waals surface area contributed by atoms with Crippen molar-refractivity contribution in [2.24, 2.45) is 0 Å². The average molecular weight is 476 g/mol. The molecule has 0 saturated carbocycles. The van der Waals surface area contributed by atoms with Gasteiger partial charge in [0.1, 0.15) is 5.82 Å².